The summed E-state index contributed by atoms with van der Waals surface area (Å²) >= 11 is 0. The number of benzene rings is 2. The number of nitrogens with one attached hydrogen (secondary N) is 1. The average Bonchev–Trinajstić information content (AvgIpc) is 2.99. The third-order valence-corrected chi connectivity index (χ3v) is 3.99. The molecule has 1 N–H and O–H groups in total. The molecule has 5 nitrogen and oxygen atoms in total. The predicted octanol–water partition coefficient (Wildman–Crippen LogP) is 3.00. The van der Waals surface area contributed by atoms with Gasteiger partial charge in [0.2, 0.25) is 5.91 Å². The van der Waals surface area contributed by atoms with Crippen LogP contribution in [0.4, 0.5) is 11.4 Å². The van der Waals surface area contributed by atoms with Crippen molar-refractivity contribution >= 4 is 23.2 Å². The number of nitrogens with zero attached hydrogens (tertiary/aromatic N) is 1. The van der Waals surface area contributed by atoms with Gasteiger partial charge in [0.25, 0.3) is 5.91 Å². The normalized spacial score (nSPS) is 14.0. The van der Waals surface area contributed by atoms with E-state index in [1.54, 1.807) is 36.1 Å². The molecule has 2 aromatic rings. The van der Waals surface area contributed by atoms with Crippen LogP contribution < -0.4 is 15.0 Å². The van der Waals surface area contributed by atoms with E-state index in [9.17, 15) is 9.59 Å². The van der Waals surface area contributed by atoms with Crippen LogP contribution in [0.5, 0.6) is 5.75 Å². The molecule has 1 aliphatic rings. The Morgan fingerprint density at radius 1 is 1.12 bits per heavy atom. The Labute approximate surface area is 141 Å². The fourth-order valence-electron chi connectivity index (χ4n) is 2.86. The van der Waals surface area contributed by atoms with Crippen LogP contribution in [0.2, 0.25) is 0 Å². The van der Waals surface area contributed by atoms with Crippen LogP contribution in [0, 0.1) is 0 Å². The maximum Gasteiger partial charge on any atom is 0.267 e. The molecule has 0 spiro atoms. The molecule has 2 amide bonds. The van der Waals surface area contributed by atoms with Gasteiger partial charge >= 0.3 is 0 Å². The van der Waals surface area contributed by atoms with Crippen molar-refractivity contribution in [2.75, 3.05) is 16.8 Å². The number of ether oxygens (including phenoxy) is 1. The summed E-state index contributed by atoms with van der Waals surface area (Å²) in [6, 6.07) is 14.9. The Kier molecular flexibility index (Phi) is 4.51. The summed E-state index contributed by atoms with van der Waals surface area (Å²) in [5.74, 6) is 0.420. The van der Waals surface area contributed by atoms with Crippen molar-refractivity contribution in [1.82, 2.24) is 0 Å². The van der Waals surface area contributed by atoms with Crippen molar-refractivity contribution in [2.45, 2.75) is 26.4 Å². The topological polar surface area (TPSA) is 58.6 Å². The lowest BCUT2D eigenvalue weighted by molar-refractivity contribution is -0.124. The monoisotopic (exact) mass is 324 g/mol. The molecule has 0 saturated heterocycles. The van der Waals surface area contributed by atoms with Crippen molar-refractivity contribution in [3.63, 3.8) is 0 Å². The van der Waals surface area contributed by atoms with Crippen molar-refractivity contribution < 1.29 is 14.3 Å². The fraction of sp³-hybridized carbons (Fsp3) is 0.263. The maximum absolute atomic E-state index is 12.7. The van der Waals surface area contributed by atoms with E-state index in [0.29, 0.717) is 18.0 Å². The summed E-state index contributed by atoms with van der Waals surface area (Å²) < 4.78 is 5.76. The van der Waals surface area contributed by atoms with Gasteiger partial charge in [-0.1, -0.05) is 18.2 Å². The van der Waals surface area contributed by atoms with E-state index in [4.69, 9.17) is 4.74 Å². The third kappa shape index (κ3) is 3.40. The zero-order valence-electron chi connectivity index (χ0n) is 13.8. The maximum atomic E-state index is 12.7. The molecular weight excluding hydrogens is 304 g/mol. The van der Waals surface area contributed by atoms with Crippen molar-refractivity contribution in [3.8, 4) is 5.75 Å². The van der Waals surface area contributed by atoms with E-state index in [1.807, 2.05) is 18.2 Å². The van der Waals surface area contributed by atoms with E-state index >= 15 is 0 Å². The van der Waals surface area contributed by atoms with Crippen molar-refractivity contribution in [1.29, 1.82) is 0 Å². The number of fused-ring (bicyclic) bond motifs is 1. The lowest BCUT2D eigenvalue weighted by atomic mass is 10.2. The highest BCUT2D eigenvalue weighted by Gasteiger charge is 2.28. The largest absolute Gasteiger partial charge is 0.481 e. The highest BCUT2D eigenvalue weighted by atomic mass is 16.5. The van der Waals surface area contributed by atoms with Crippen molar-refractivity contribution in [2.24, 2.45) is 0 Å². The van der Waals surface area contributed by atoms with Crippen LogP contribution in [0.3, 0.4) is 0 Å². The summed E-state index contributed by atoms with van der Waals surface area (Å²) in [7, 11) is 0. The van der Waals surface area contributed by atoms with Crippen LogP contribution in [-0.4, -0.2) is 24.5 Å². The number of amides is 2. The first kappa shape index (κ1) is 16.1. The Morgan fingerprint density at radius 2 is 1.83 bits per heavy atom. The number of hydrogen-bond acceptors (Lipinski definition) is 3. The quantitative estimate of drug-likeness (QED) is 0.940. The van der Waals surface area contributed by atoms with E-state index in [0.717, 1.165) is 12.1 Å². The van der Waals surface area contributed by atoms with Crippen molar-refractivity contribution in [3.05, 3.63) is 54.1 Å². The number of carbonyl (C=O) groups excluding carboxylic acids is 2. The molecule has 0 fully saturated rings. The van der Waals surface area contributed by atoms with Crippen LogP contribution in [-0.2, 0) is 16.0 Å². The predicted molar refractivity (Wildman–Crippen MR) is 93.3 cm³/mol. The van der Waals surface area contributed by atoms with E-state index in [-0.39, 0.29) is 11.8 Å². The summed E-state index contributed by atoms with van der Waals surface area (Å²) in [6.45, 7) is 3.90. The molecular formula is C19H20N2O3. The minimum Gasteiger partial charge on any atom is -0.481 e. The van der Waals surface area contributed by atoms with Crippen LogP contribution >= 0.6 is 0 Å². The van der Waals surface area contributed by atoms with E-state index in [1.165, 1.54) is 12.5 Å². The smallest absolute Gasteiger partial charge is 0.267 e. The second kappa shape index (κ2) is 6.74. The fourth-order valence-corrected chi connectivity index (χ4v) is 2.86. The average molecular weight is 324 g/mol. The van der Waals surface area contributed by atoms with Crippen LogP contribution in [0.25, 0.3) is 0 Å². The Morgan fingerprint density at radius 3 is 2.54 bits per heavy atom. The minimum atomic E-state index is -0.581. The summed E-state index contributed by atoms with van der Waals surface area (Å²) in [5.41, 5.74) is 2.86. The molecule has 0 radical (unpaired) electrons. The molecule has 3 rings (SSSR count). The molecule has 0 unspecified atom stereocenters. The van der Waals surface area contributed by atoms with Gasteiger partial charge < -0.3 is 15.0 Å². The summed E-state index contributed by atoms with van der Waals surface area (Å²) in [6.07, 6.45) is 0.294. The van der Waals surface area contributed by atoms with E-state index in [2.05, 4.69) is 11.4 Å². The van der Waals surface area contributed by atoms with Gasteiger partial charge in [0.15, 0.2) is 6.10 Å². The lowest BCUT2D eigenvalue weighted by Crippen LogP contribution is -2.39. The molecule has 1 heterocycles. The number of para-hydroxylation sites is 1. The molecule has 1 aliphatic heterocycles. The molecule has 2 aromatic carbocycles. The summed E-state index contributed by atoms with van der Waals surface area (Å²) in [4.78, 5) is 25.5. The Bertz CT molecular complexity index is 755. The second-order valence-electron chi connectivity index (χ2n) is 5.83. The first-order chi connectivity index (χ1) is 11.5. The highest BCUT2D eigenvalue weighted by Crippen LogP contribution is 2.28. The number of rotatable bonds is 4. The Hall–Kier alpha value is -2.82. The lowest BCUT2D eigenvalue weighted by Gasteiger charge is -2.22. The van der Waals surface area contributed by atoms with Crippen LogP contribution in [0.1, 0.15) is 19.4 Å². The number of carbonyl (C=O) groups is 2. The van der Waals surface area contributed by atoms with Gasteiger partial charge in [-0.2, -0.15) is 0 Å². The molecule has 5 heteroatoms. The number of hydrogen-bond donors (Lipinski definition) is 1. The second-order valence-corrected chi connectivity index (χ2v) is 5.83. The first-order valence-corrected chi connectivity index (χ1v) is 7.98. The van der Waals surface area contributed by atoms with Gasteiger partial charge in [0.05, 0.1) is 0 Å². The molecule has 124 valence electrons. The molecule has 24 heavy (non-hydrogen) atoms. The Balaban J connectivity index is 1.66. The standard InChI is InChI=1S/C19H20N2O3/c1-13(24-17-9-7-16(8-10-17)20-14(2)22)19(23)21-12-11-15-5-3-4-6-18(15)21/h3-10,13H,11-12H2,1-2H3,(H,20,22)/t13-/m0/s1. The van der Waals surface area contributed by atoms with Crippen LogP contribution in [0.15, 0.2) is 48.5 Å². The first-order valence-electron chi connectivity index (χ1n) is 7.98. The summed E-state index contributed by atoms with van der Waals surface area (Å²) in [5, 5.41) is 2.69. The van der Waals surface area contributed by atoms with Gasteiger partial charge in [-0.05, 0) is 49.2 Å². The molecule has 1 atom stereocenters. The van der Waals surface area contributed by atoms with Gasteiger partial charge in [0.1, 0.15) is 5.75 Å². The molecule has 0 bridgehead atoms. The molecule has 0 aliphatic carbocycles. The zero-order valence-corrected chi connectivity index (χ0v) is 13.8. The number of anilines is 2. The van der Waals surface area contributed by atoms with Gasteiger partial charge in [-0.3, -0.25) is 9.59 Å². The van der Waals surface area contributed by atoms with E-state index < -0.39 is 6.10 Å². The van der Waals surface area contributed by atoms with Gasteiger partial charge in [-0.25, -0.2) is 0 Å². The minimum absolute atomic E-state index is 0.0501. The SMILES string of the molecule is CC(=O)Nc1ccc(O[C@@H](C)C(=O)N2CCc3ccccc32)cc1. The molecule has 0 saturated carbocycles. The molecule has 0 aromatic heterocycles. The van der Waals surface area contributed by atoms with Gasteiger partial charge in [-0.15, -0.1) is 0 Å². The third-order valence-electron chi connectivity index (χ3n) is 3.99. The highest BCUT2D eigenvalue weighted by molar-refractivity contribution is 5.98. The van der Waals surface area contributed by atoms with Gasteiger partial charge in [0, 0.05) is 24.8 Å². The zero-order chi connectivity index (χ0) is 17.1.